The normalized spacial score (nSPS) is 19.8. The van der Waals surface area contributed by atoms with Crippen LogP contribution in [0.15, 0.2) is 18.2 Å². The van der Waals surface area contributed by atoms with Crippen molar-refractivity contribution in [2.24, 2.45) is 0 Å². The minimum absolute atomic E-state index is 0.0289. The first-order valence-electron chi connectivity index (χ1n) is 6.02. The fourth-order valence-corrected chi connectivity index (χ4v) is 2.17. The van der Waals surface area contributed by atoms with E-state index in [9.17, 15) is 4.79 Å². The minimum atomic E-state index is -0.211. The number of aromatic nitrogens is 2. The number of nitrogen functional groups attached to an aromatic ring is 1. The van der Waals surface area contributed by atoms with Gasteiger partial charge in [0.1, 0.15) is 6.04 Å². The van der Waals surface area contributed by atoms with Crippen molar-refractivity contribution in [3.8, 4) is 0 Å². The van der Waals surface area contributed by atoms with Crippen LogP contribution >= 0.6 is 0 Å². The third-order valence-electron chi connectivity index (χ3n) is 3.10. The van der Waals surface area contributed by atoms with Crippen molar-refractivity contribution in [1.29, 1.82) is 0 Å². The third kappa shape index (κ3) is 1.97. The summed E-state index contributed by atoms with van der Waals surface area (Å²) in [5.41, 5.74) is 8.10. The van der Waals surface area contributed by atoms with Crippen molar-refractivity contribution in [2.75, 3.05) is 17.6 Å². The highest BCUT2D eigenvalue weighted by atomic mass is 16.2. The summed E-state index contributed by atoms with van der Waals surface area (Å²) in [4.78, 5) is 19.1. The van der Waals surface area contributed by atoms with E-state index in [1.165, 1.54) is 0 Å². The van der Waals surface area contributed by atoms with Crippen molar-refractivity contribution in [1.82, 2.24) is 15.3 Å². The van der Waals surface area contributed by atoms with Crippen molar-refractivity contribution in [2.45, 2.75) is 18.9 Å². The predicted molar refractivity (Wildman–Crippen MR) is 70.2 cm³/mol. The molecule has 1 aliphatic heterocycles. The Labute approximate surface area is 104 Å². The van der Waals surface area contributed by atoms with Crippen molar-refractivity contribution < 1.29 is 4.79 Å². The predicted octanol–water partition coefficient (Wildman–Crippen LogP) is 0.836. The molecule has 1 aliphatic rings. The second-order valence-electron chi connectivity index (χ2n) is 4.49. The maximum atomic E-state index is 11.6. The van der Waals surface area contributed by atoms with Gasteiger partial charge < -0.3 is 21.4 Å². The molecule has 94 valence electrons. The lowest BCUT2D eigenvalue weighted by molar-refractivity contribution is -0.123. The van der Waals surface area contributed by atoms with Gasteiger partial charge in [-0.25, -0.2) is 4.98 Å². The van der Waals surface area contributed by atoms with E-state index in [0.717, 1.165) is 30.4 Å². The number of nitrogens with zero attached hydrogens (tertiary/aromatic N) is 1. The average Bonchev–Trinajstić information content (AvgIpc) is 2.73. The molecule has 1 atom stereocenters. The summed E-state index contributed by atoms with van der Waals surface area (Å²) in [6.07, 6.45) is 1.81. The van der Waals surface area contributed by atoms with Crippen LogP contribution in [0.25, 0.3) is 11.0 Å². The van der Waals surface area contributed by atoms with Crippen molar-refractivity contribution >= 4 is 28.6 Å². The van der Waals surface area contributed by atoms with Gasteiger partial charge in [0, 0.05) is 12.2 Å². The smallest absolute Gasteiger partial charge is 0.242 e. The first kappa shape index (κ1) is 10.9. The number of hydrogen-bond acceptors (Lipinski definition) is 4. The van der Waals surface area contributed by atoms with Crippen molar-refractivity contribution in [3.05, 3.63) is 18.2 Å². The molecule has 5 N–H and O–H groups in total. The standard InChI is InChI=1S/C12H15N5O/c13-7-3-4-8-10(6-7)17-12(15-8)16-9-2-1-5-14-11(9)18/h3-4,6,9H,1-2,5,13H2,(H,14,18)(H2,15,16,17). The first-order chi connectivity index (χ1) is 8.72. The van der Waals surface area contributed by atoms with E-state index >= 15 is 0 Å². The zero-order valence-corrected chi connectivity index (χ0v) is 9.86. The lowest BCUT2D eigenvalue weighted by Crippen LogP contribution is -2.44. The number of piperidine rings is 1. The van der Waals surface area contributed by atoms with Crippen LogP contribution in [0.4, 0.5) is 11.6 Å². The molecule has 6 nitrogen and oxygen atoms in total. The highest BCUT2D eigenvalue weighted by Gasteiger charge is 2.22. The van der Waals surface area contributed by atoms with Gasteiger partial charge in [-0.2, -0.15) is 0 Å². The molecule has 1 unspecified atom stereocenters. The van der Waals surface area contributed by atoms with E-state index in [4.69, 9.17) is 5.73 Å². The molecule has 0 radical (unpaired) electrons. The molecule has 1 aromatic heterocycles. The fraction of sp³-hybridized carbons (Fsp3) is 0.333. The Kier molecular flexibility index (Phi) is 2.55. The highest BCUT2D eigenvalue weighted by molar-refractivity contribution is 5.86. The molecular formula is C12H15N5O. The van der Waals surface area contributed by atoms with Crippen molar-refractivity contribution in [3.63, 3.8) is 0 Å². The Morgan fingerprint density at radius 3 is 3.17 bits per heavy atom. The van der Waals surface area contributed by atoms with E-state index in [-0.39, 0.29) is 11.9 Å². The van der Waals surface area contributed by atoms with Gasteiger partial charge in [-0.1, -0.05) is 0 Å². The summed E-state index contributed by atoms with van der Waals surface area (Å²) in [5, 5.41) is 5.95. The number of imidazole rings is 1. The van der Waals surface area contributed by atoms with Gasteiger partial charge in [-0.3, -0.25) is 4.79 Å². The minimum Gasteiger partial charge on any atom is -0.399 e. The lowest BCUT2D eigenvalue weighted by Gasteiger charge is -2.22. The number of nitrogens with one attached hydrogen (secondary N) is 3. The quantitative estimate of drug-likeness (QED) is 0.589. The summed E-state index contributed by atoms with van der Waals surface area (Å²) in [6, 6.07) is 5.28. The summed E-state index contributed by atoms with van der Waals surface area (Å²) in [6.45, 7) is 0.758. The van der Waals surface area contributed by atoms with E-state index in [2.05, 4.69) is 20.6 Å². The first-order valence-corrected chi connectivity index (χ1v) is 6.02. The van der Waals surface area contributed by atoms with Gasteiger partial charge in [0.15, 0.2) is 0 Å². The number of carbonyl (C=O) groups is 1. The number of anilines is 2. The molecule has 2 heterocycles. The summed E-state index contributed by atoms with van der Waals surface area (Å²) < 4.78 is 0. The number of fused-ring (bicyclic) bond motifs is 1. The molecule has 1 fully saturated rings. The number of amides is 1. The Balaban J connectivity index is 1.84. The van der Waals surface area contributed by atoms with Crippen LogP contribution in [0.5, 0.6) is 0 Å². The molecule has 0 aliphatic carbocycles. The largest absolute Gasteiger partial charge is 0.399 e. The highest BCUT2D eigenvalue weighted by Crippen LogP contribution is 2.18. The molecular weight excluding hydrogens is 230 g/mol. The Hall–Kier alpha value is -2.24. The molecule has 2 aromatic rings. The zero-order chi connectivity index (χ0) is 12.5. The second kappa shape index (κ2) is 4.21. The molecule has 3 rings (SSSR count). The molecule has 0 bridgehead atoms. The number of H-pyrrole nitrogens is 1. The van der Waals surface area contributed by atoms with Crippen LogP contribution in [-0.2, 0) is 4.79 Å². The summed E-state index contributed by atoms with van der Waals surface area (Å²) in [7, 11) is 0. The Bertz CT molecular complexity index is 591. The average molecular weight is 245 g/mol. The molecule has 1 aromatic carbocycles. The molecule has 6 heteroatoms. The Morgan fingerprint density at radius 2 is 2.33 bits per heavy atom. The number of rotatable bonds is 2. The number of nitrogens with two attached hydrogens (primary N) is 1. The third-order valence-corrected chi connectivity index (χ3v) is 3.10. The number of hydrogen-bond donors (Lipinski definition) is 4. The molecule has 1 saturated heterocycles. The maximum absolute atomic E-state index is 11.6. The van der Waals surface area contributed by atoms with Crippen LogP contribution < -0.4 is 16.4 Å². The summed E-state index contributed by atoms with van der Waals surface area (Å²) in [5.74, 6) is 0.638. The second-order valence-corrected chi connectivity index (χ2v) is 4.49. The molecule has 0 saturated carbocycles. The van der Waals surface area contributed by atoms with Gasteiger partial charge in [-0.15, -0.1) is 0 Å². The molecule has 1 amide bonds. The van der Waals surface area contributed by atoms with E-state index in [1.807, 2.05) is 12.1 Å². The maximum Gasteiger partial charge on any atom is 0.242 e. The fourth-order valence-electron chi connectivity index (χ4n) is 2.17. The van der Waals surface area contributed by atoms with Gasteiger partial charge in [-0.05, 0) is 31.0 Å². The summed E-state index contributed by atoms with van der Waals surface area (Å²) >= 11 is 0. The number of aromatic amines is 1. The number of benzene rings is 1. The topological polar surface area (TPSA) is 95.8 Å². The SMILES string of the molecule is Nc1ccc2nc(NC3CCCNC3=O)[nH]c2c1. The van der Waals surface area contributed by atoms with E-state index in [0.29, 0.717) is 11.6 Å². The van der Waals surface area contributed by atoms with Gasteiger partial charge in [0.05, 0.1) is 11.0 Å². The lowest BCUT2D eigenvalue weighted by atomic mass is 10.1. The molecule has 18 heavy (non-hydrogen) atoms. The van der Waals surface area contributed by atoms with Crippen LogP contribution in [0, 0.1) is 0 Å². The monoisotopic (exact) mass is 245 g/mol. The van der Waals surface area contributed by atoms with Gasteiger partial charge >= 0.3 is 0 Å². The van der Waals surface area contributed by atoms with Crippen LogP contribution in [0.2, 0.25) is 0 Å². The molecule has 0 spiro atoms. The van der Waals surface area contributed by atoms with E-state index < -0.39 is 0 Å². The zero-order valence-electron chi connectivity index (χ0n) is 9.86. The van der Waals surface area contributed by atoms with E-state index in [1.54, 1.807) is 6.07 Å². The number of carbonyl (C=O) groups excluding carboxylic acids is 1. The Morgan fingerprint density at radius 1 is 1.44 bits per heavy atom. The van der Waals surface area contributed by atoms with Crippen LogP contribution in [0.1, 0.15) is 12.8 Å². The van der Waals surface area contributed by atoms with Crippen LogP contribution in [-0.4, -0.2) is 28.5 Å². The van der Waals surface area contributed by atoms with Gasteiger partial charge in [0.25, 0.3) is 0 Å². The van der Waals surface area contributed by atoms with Gasteiger partial charge in [0.2, 0.25) is 11.9 Å². The van der Waals surface area contributed by atoms with Crippen LogP contribution in [0.3, 0.4) is 0 Å².